The first-order valence-corrected chi connectivity index (χ1v) is 8.91. The lowest BCUT2D eigenvalue weighted by atomic mass is 10.0. The van der Waals surface area contributed by atoms with E-state index in [1.807, 2.05) is 6.92 Å². The number of piperazine rings is 1. The van der Waals surface area contributed by atoms with Crippen LogP contribution >= 0.6 is 0 Å². The van der Waals surface area contributed by atoms with Gasteiger partial charge in [-0.3, -0.25) is 0 Å². The molecule has 0 bridgehead atoms. The van der Waals surface area contributed by atoms with Crippen LogP contribution in [-0.4, -0.2) is 66.8 Å². The Bertz CT molecular complexity index is 560. The first-order valence-electron chi connectivity index (χ1n) is 8.91. The maximum atomic E-state index is 11.8. The van der Waals surface area contributed by atoms with Crippen LogP contribution in [0.15, 0.2) is 12.4 Å². The van der Waals surface area contributed by atoms with E-state index in [4.69, 9.17) is 4.74 Å². The van der Waals surface area contributed by atoms with Gasteiger partial charge in [0.2, 0.25) is 0 Å². The normalized spacial score (nSPS) is 21.8. The van der Waals surface area contributed by atoms with Gasteiger partial charge in [0.25, 0.3) is 0 Å². The van der Waals surface area contributed by atoms with Gasteiger partial charge >= 0.3 is 6.09 Å². The third kappa shape index (κ3) is 3.88. The molecule has 2 fully saturated rings. The fourth-order valence-corrected chi connectivity index (χ4v) is 3.41. The summed E-state index contributed by atoms with van der Waals surface area (Å²) in [7, 11) is 0. The van der Waals surface area contributed by atoms with Gasteiger partial charge in [0, 0.05) is 45.3 Å². The third-order valence-corrected chi connectivity index (χ3v) is 4.75. The lowest BCUT2D eigenvalue weighted by molar-refractivity contribution is 0.105. The molecule has 7 heteroatoms. The molecule has 24 heavy (non-hydrogen) atoms. The number of carbonyl (C=O) groups excluding carboxylic acids is 1. The van der Waals surface area contributed by atoms with Gasteiger partial charge in [-0.25, -0.2) is 14.8 Å². The number of hydrogen-bond acceptors (Lipinski definition) is 6. The molecule has 1 amide bonds. The first kappa shape index (κ1) is 16.8. The predicted molar refractivity (Wildman–Crippen MR) is 93.5 cm³/mol. The largest absolute Gasteiger partial charge is 0.450 e. The summed E-state index contributed by atoms with van der Waals surface area (Å²) >= 11 is 0. The maximum absolute atomic E-state index is 11.8. The standard InChI is InChI=1S/C17H27N5O2/c1-3-24-17(23)21-9-7-20(8-10-21)15-11-16(19-13-18-15)22-6-4-5-14(2)12-22/h11,13-14H,3-10,12H2,1-2H3. The van der Waals surface area contributed by atoms with Crippen molar-refractivity contribution in [2.45, 2.75) is 26.7 Å². The molecule has 3 heterocycles. The Morgan fingerprint density at radius 1 is 1.17 bits per heavy atom. The zero-order chi connectivity index (χ0) is 16.9. The zero-order valence-electron chi connectivity index (χ0n) is 14.6. The molecule has 0 N–H and O–H groups in total. The van der Waals surface area contributed by atoms with Gasteiger partial charge in [0.15, 0.2) is 0 Å². The summed E-state index contributed by atoms with van der Waals surface area (Å²) in [5.41, 5.74) is 0. The molecule has 0 spiro atoms. The molecule has 0 aromatic carbocycles. The van der Waals surface area contributed by atoms with Crippen molar-refractivity contribution in [2.75, 3.05) is 55.7 Å². The van der Waals surface area contributed by atoms with Gasteiger partial charge in [0.1, 0.15) is 18.0 Å². The fraction of sp³-hybridized carbons (Fsp3) is 0.706. The van der Waals surface area contributed by atoms with Crippen LogP contribution in [0.1, 0.15) is 26.7 Å². The van der Waals surface area contributed by atoms with E-state index >= 15 is 0 Å². The van der Waals surface area contributed by atoms with Gasteiger partial charge < -0.3 is 19.4 Å². The highest BCUT2D eigenvalue weighted by atomic mass is 16.6. The quantitative estimate of drug-likeness (QED) is 0.843. The van der Waals surface area contributed by atoms with Gasteiger partial charge in [-0.05, 0) is 25.7 Å². The molecule has 1 aromatic heterocycles. The minimum atomic E-state index is -0.220. The molecule has 7 nitrogen and oxygen atoms in total. The molecule has 2 aliphatic heterocycles. The monoisotopic (exact) mass is 333 g/mol. The Balaban J connectivity index is 1.62. The van der Waals surface area contributed by atoms with Crippen LogP contribution in [-0.2, 0) is 4.74 Å². The van der Waals surface area contributed by atoms with Crippen LogP contribution in [0, 0.1) is 5.92 Å². The Kier molecular flexibility index (Phi) is 5.37. The molecule has 2 aliphatic rings. The third-order valence-electron chi connectivity index (χ3n) is 4.75. The Morgan fingerprint density at radius 3 is 2.54 bits per heavy atom. The van der Waals surface area contributed by atoms with Gasteiger partial charge in [-0.1, -0.05) is 6.92 Å². The van der Waals surface area contributed by atoms with E-state index in [1.165, 1.54) is 12.8 Å². The number of carbonyl (C=O) groups is 1. The van der Waals surface area contributed by atoms with Crippen molar-refractivity contribution in [1.29, 1.82) is 0 Å². The van der Waals surface area contributed by atoms with Crippen molar-refractivity contribution in [3.05, 3.63) is 12.4 Å². The van der Waals surface area contributed by atoms with Gasteiger partial charge in [-0.15, -0.1) is 0 Å². The predicted octanol–water partition coefficient (Wildman–Crippen LogP) is 1.99. The second kappa shape index (κ2) is 7.68. The SMILES string of the molecule is CCOC(=O)N1CCN(c2cc(N3CCCC(C)C3)ncn2)CC1. The van der Waals surface area contributed by atoms with Crippen molar-refractivity contribution in [2.24, 2.45) is 5.92 Å². The van der Waals surface area contributed by atoms with Crippen molar-refractivity contribution < 1.29 is 9.53 Å². The molecule has 1 atom stereocenters. The van der Waals surface area contributed by atoms with Crippen molar-refractivity contribution in [3.8, 4) is 0 Å². The van der Waals surface area contributed by atoms with E-state index in [1.54, 1.807) is 11.2 Å². The fourth-order valence-electron chi connectivity index (χ4n) is 3.41. The maximum Gasteiger partial charge on any atom is 0.409 e. The summed E-state index contributed by atoms with van der Waals surface area (Å²) in [5, 5.41) is 0. The number of amides is 1. The molecule has 2 saturated heterocycles. The average Bonchev–Trinajstić information content (AvgIpc) is 2.62. The van der Waals surface area contributed by atoms with Crippen LogP contribution in [0.4, 0.5) is 16.4 Å². The number of anilines is 2. The highest BCUT2D eigenvalue weighted by molar-refractivity contribution is 5.68. The topological polar surface area (TPSA) is 61.8 Å². The second-order valence-corrected chi connectivity index (χ2v) is 6.60. The average molecular weight is 333 g/mol. The molecule has 0 radical (unpaired) electrons. The molecular formula is C17H27N5O2. The minimum Gasteiger partial charge on any atom is -0.450 e. The van der Waals surface area contributed by atoms with E-state index in [0.29, 0.717) is 25.6 Å². The summed E-state index contributed by atoms with van der Waals surface area (Å²) in [6, 6.07) is 2.08. The minimum absolute atomic E-state index is 0.220. The van der Waals surface area contributed by atoms with Crippen LogP contribution in [0.25, 0.3) is 0 Å². The highest BCUT2D eigenvalue weighted by Crippen LogP contribution is 2.24. The lowest BCUT2D eigenvalue weighted by Gasteiger charge is -2.35. The van der Waals surface area contributed by atoms with Gasteiger partial charge in [-0.2, -0.15) is 0 Å². The number of piperidine rings is 1. The molecule has 132 valence electrons. The van der Waals surface area contributed by atoms with E-state index in [9.17, 15) is 4.79 Å². The number of hydrogen-bond donors (Lipinski definition) is 0. The van der Waals surface area contributed by atoms with Crippen molar-refractivity contribution in [1.82, 2.24) is 14.9 Å². The number of aromatic nitrogens is 2. The van der Waals surface area contributed by atoms with E-state index in [0.717, 1.165) is 37.8 Å². The summed E-state index contributed by atoms with van der Waals surface area (Å²) in [4.78, 5) is 27.0. The van der Waals surface area contributed by atoms with Gasteiger partial charge in [0.05, 0.1) is 6.61 Å². The second-order valence-electron chi connectivity index (χ2n) is 6.60. The van der Waals surface area contributed by atoms with Crippen LogP contribution in [0.5, 0.6) is 0 Å². The Hall–Kier alpha value is -2.05. The van der Waals surface area contributed by atoms with Crippen LogP contribution in [0.2, 0.25) is 0 Å². The lowest BCUT2D eigenvalue weighted by Crippen LogP contribution is -2.49. The van der Waals surface area contributed by atoms with Crippen LogP contribution < -0.4 is 9.80 Å². The smallest absolute Gasteiger partial charge is 0.409 e. The first-order chi connectivity index (χ1) is 11.7. The van der Waals surface area contributed by atoms with E-state index in [-0.39, 0.29) is 6.09 Å². The zero-order valence-corrected chi connectivity index (χ0v) is 14.6. The Morgan fingerprint density at radius 2 is 1.88 bits per heavy atom. The van der Waals surface area contributed by atoms with Crippen molar-refractivity contribution >= 4 is 17.7 Å². The van der Waals surface area contributed by atoms with Crippen molar-refractivity contribution in [3.63, 3.8) is 0 Å². The summed E-state index contributed by atoms with van der Waals surface area (Å²) < 4.78 is 5.07. The number of rotatable bonds is 3. The number of nitrogens with zero attached hydrogens (tertiary/aromatic N) is 5. The Labute approximate surface area is 143 Å². The molecule has 3 rings (SSSR count). The van der Waals surface area contributed by atoms with E-state index in [2.05, 4.69) is 32.8 Å². The highest BCUT2D eigenvalue weighted by Gasteiger charge is 2.24. The molecular weight excluding hydrogens is 306 g/mol. The molecule has 1 unspecified atom stereocenters. The molecule has 0 aliphatic carbocycles. The van der Waals surface area contributed by atoms with E-state index < -0.39 is 0 Å². The number of ether oxygens (including phenoxy) is 1. The molecule has 0 saturated carbocycles. The van der Waals surface area contributed by atoms with Crippen LogP contribution in [0.3, 0.4) is 0 Å². The molecule has 1 aromatic rings. The summed E-state index contributed by atoms with van der Waals surface area (Å²) in [5.74, 6) is 2.67. The summed E-state index contributed by atoms with van der Waals surface area (Å²) in [6.45, 7) is 9.54. The summed E-state index contributed by atoms with van der Waals surface area (Å²) in [6.07, 6.45) is 3.95.